The van der Waals surface area contributed by atoms with E-state index in [0.717, 1.165) is 18.7 Å². The standard InChI is InChI=1S/C14H20N4O2/c1-4-7-9-18-12-11(13(19)16-14(18)20)17(8-5-2)10(6-3)15-12/h5H,2,4,6-9H2,1,3H3,(H,16,19,20). The molecule has 6 nitrogen and oxygen atoms in total. The molecule has 2 rings (SSSR count). The maximum Gasteiger partial charge on any atom is 0.330 e. The molecule has 0 fully saturated rings. The zero-order chi connectivity index (χ0) is 14.7. The highest BCUT2D eigenvalue weighted by Crippen LogP contribution is 2.12. The Balaban J connectivity index is 2.78. The van der Waals surface area contributed by atoms with E-state index in [1.165, 1.54) is 0 Å². The van der Waals surface area contributed by atoms with E-state index in [-0.39, 0.29) is 11.2 Å². The van der Waals surface area contributed by atoms with Gasteiger partial charge in [0.15, 0.2) is 11.2 Å². The molecule has 0 atom stereocenters. The van der Waals surface area contributed by atoms with E-state index in [9.17, 15) is 9.59 Å². The fraction of sp³-hybridized carbons (Fsp3) is 0.500. The lowest BCUT2D eigenvalue weighted by Gasteiger charge is -2.06. The molecular formula is C14H20N4O2. The third-order valence-electron chi connectivity index (χ3n) is 3.33. The van der Waals surface area contributed by atoms with Crippen LogP contribution in [-0.2, 0) is 19.5 Å². The van der Waals surface area contributed by atoms with Gasteiger partial charge in [0.1, 0.15) is 5.82 Å². The summed E-state index contributed by atoms with van der Waals surface area (Å²) in [5.74, 6) is 0.793. The van der Waals surface area contributed by atoms with Crippen LogP contribution in [0.25, 0.3) is 11.2 Å². The molecule has 0 aliphatic rings. The molecule has 0 unspecified atom stereocenters. The number of fused-ring (bicyclic) bond motifs is 1. The van der Waals surface area contributed by atoms with Crippen molar-refractivity contribution in [3.8, 4) is 0 Å². The van der Waals surface area contributed by atoms with E-state index in [1.807, 2.05) is 11.5 Å². The Morgan fingerprint density at radius 3 is 2.65 bits per heavy atom. The lowest BCUT2D eigenvalue weighted by molar-refractivity contribution is 0.613. The van der Waals surface area contributed by atoms with E-state index < -0.39 is 0 Å². The second-order valence-electron chi connectivity index (χ2n) is 4.72. The predicted octanol–water partition coefficient (Wildman–Crippen LogP) is 1.43. The van der Waals surface area contributed by atoms with Gasteiger partial charge in [0.05, 0.1) is 0 Å². The molecule has 2 heterocycles. The van der Waals surface area contributed by atoms with Gasteiger partial charge in [-0.25, -0.2) is 9.78 Å². The zero-order valence-corrected chi connectivity index (χ0v) is 12.0. The number of aromatic nitrogens is 4. The number of H-pyrrole nitrogens is 1. The summed E-state index contributed by atoms with van der Waals surface area (Å²) in [4.78, 5) is 30.9. The summed E-state index contributed by atoms with van der Waals surface area (Å²) in [5, 5.41) is 0. The van der Waals surface area contributed by atoms with Crippen LogP contribution in [0.5, 0.6) is 0 Å². The number of imidazole rings is 1. The van der Waals surface area contributed by atoms with Gasteiger partial charge >= 0.3 is 5.69 Å². The largest absolute Gasteiger partial charge is 0.330 e. The topological polar surface area (TPSA) is 72.7 Å². The molecule has 0 saturated heterocycles. The predicted molar refractivity (Wildman–Crippen MR) is 79.1 cm³/mol. The number of nitrogens with zero attached hydrogens (tertiary/aromatic N) is 3. The molecule has 2 aromatic rings. The summed E-state index contributed by atoms with van der Waals surface area (Å²) < 4.78 is 3.38. The van der Waals surface area contributed by atoms with Crippen LogP contribution in [0.4, 0.5) is 0 Å². The van der Waals surface area contributed by atoms with Gasteiger partial charge in [-0.1, -0.05) is 26.3 Å². The van der Waals surface area contributed by atoms with Crippen LogP contribution in [0, 0.1) is 0 Å². The molecule has 0 aliphatic carbocycles. The molecule has 1 N–H and O–H groups in total. The molecule has 0 aromatic carbocycles. The van der Waals surface area contributed by atoms with Gasteiger partial charge in [0.2, 0.25) is 0 Å². The van der Waals surface area contributed by atoms with Crippen molar-refractivity contribution in [3.05, 3.63) is 39.3 Å². The highest BCUT2D eigenvalue weighted by atomic mass is 16.2. The Morgan fingerprint density at radius 2 is 2.05 bits per heavy atom. The maximum absolute atomic E-state index is 12.1. The van der Waals surface area contributed by atoms with Crippen molar-refractivity contribution in [2.75, 3.05) is 0 Å². The normalized spacial score (nSPS) is 11.1. The minimum Gasteiger partial charge on any atom is -0.318 e. The molecule has 0 radical (unpaired) electrons. The van der Waals surface area contributed by atoms with E-state index in [4.69, 9.17) is 0 Å². The molecule has 0 saturated carbocycles. The van der Waals surface area contributed by atoms with Crippen LogP contribution in [-0.4, -0.2) is 19.1 Å². The molecule has 6 heteroatoms. The summed E-state index contributed by atoms with van der Waals surface area (Å²) >= 11 is 0. The molecule has 0 amide bonds. The Morgan fingerprint density at radius 1 is 1.30 bits per heavy atom. The lowest BCUT2D eigenvalue weighted by Crippen LogP contribution is -2.31. The highest BCUT2D eigenvalue weighted by molar-refractivity contribution is 5.71. The van der Waals surface area contributed by atoms with Gasteiger partial charge in [-0.15, -0.1) is 6.58 Å². The van der Waals surface area contributed by atoms with Gasteiger partial charge in [-0.2, -0.15) is 0 Å². The number of hydrogen-bond acceptors (Lipinski definition) is 3. The monoisotopic (exact) mass is 276 g/mol. The summed E-state index contributed by atoms with van der Waals surface area (Å²) in [6, 6.07) is 0. The Bertz CT molecular complexity index is 736. The van der Waals surface area contributed by atoms with E-state index in [1.54, 1.807) is 10.6 Å². The molecule has 108 valence electrons. The maximum atomic E-state index is 12.1. The number of nitrogens with one attached hydrogen (secondary N) is 1. The van der Waals surface area contributed by atoms with Crippen molar-refractivity contribution in [2.24, 2.45) is 0 Å². The second kappa shape index (κ2) is 5.90. The van der Waals surface area contributed by atoms with Crippen LogP contribution < -0.4 is 11.2 Å². The average molecular weight is 276 g/mol. The molecule has 0 aliphatic heterocycles. The Hall–Kier alpha value is -2.11. The Labute approximate surface area is 116 Å². The van der Waals surface area contributed by atoms with Crippen molar-refractivity contribution in [1.82, 2.24) is 19.1 Å². The van der Waals surface area contributed by atoms with Gasteiger partial charge < -0.3 is 4.57 Å². The smallest absolute Gasteiger partial charge is 0.318 e. The van der Waals surface area contributed by atoms with Crippen molar-refractivity contribution >= 4 is 11.2 Å². The van der Waals surface area contributed by atoms with Crippen molar-refractivity contribution in [1.29, 1.82) is 0 Å². The second-order valence-corrected chi connectivity index (χ2v) is 4.72. The summed E-state index contributed by atoms with van der Waals surface area (Å²) in [6.45, 7) is 8.82. The third-order valence-corrected chi connectivity index (χ3v) is 3.33. The van der Waals surface area contributed by atoms with Crippen molar-refractivity contribution in [2.45, 2.75) is 46.2 Å². The van der Waals surface area contributed by atoms with Crippen LogP contribution in [0.3, 0.4) is 0 Å². The molecule has 2 aromatic heterocycles. The Kier molecular flexibility index (Phi) is 4.22. The lowest BCUT2D eigenvalue weighted by atomic mass is 10.3. The fourth-order valence-corrected chi connectivity index (χ4v) is 2.34. The highest BCUT2D eigenvalue weighted by Gasteiger charge is 2.16. The number of allylic oxidation sites excluding steroid dienone is 1. The third kappa shape index (κ3) is 2.33. The van der Waals surface area contributed by atoms with Crippen LogP contribution in [0.15, 0.2) is 22.2 Å². The number of aromatic amines is 1. The van der Waals surface area contributed by atoms with E-state index in [2.05, 4.69) is 23.5 Å². The van der Waals surface area contributed by atoms with Gasteiger partial charge in [0, 0.05) is 19.5 Å². The van der Waals surface area contributed by atoms with Gasteiger partial charge in [-0.3, -0.25) is 14.3 Å². The summed E-state index contributed by atoms with van der Waals surface area (Å²) in [6.07, 6.45) is 4.27. The first-order valence-electron chi connectivity index (χ1n) is 6.97. The molecule has 0 spiro atoms. The first-order chi connectivity index (χ1) is 9.63. The first-order valence-corrected chi connectivity index (χ1v) is 6.97. The van der Waals surface area contributed by atoms with Gasteiger partial charge in [-0.05, 0) is 6.42 Å². The molecular weight excluding hydrogens is 256 g/mol. The molecule has 20 heavy (non-hydrogen) atoms. The molecule has 0 bridgehead atoms. The number of aryl methyl sites for hydroxylation is 2. The van der Waals surface area contributed by atoms with Gasteiger partial charge in [0.25, 0.3) is 5.56 Å². The minimum atomic E-state index is -0.387. The quantitative estimate of drug-likeness (QED) is 0.811. The van der Waals surface area contributed by atoms with Crippen LogP contribution in [0.1, 0.15) is 32.5 Å². The SMILES string of the molecule is C=CCn1c(CC)nc2c1c(=O)[nH]c(=O)n2CCCC. The van der Waals surface area contributed by atoms with Crippen LogP contribution in [0.2, 0.25) is 0 Å². The number of unbranched alkanes of at least 4 members (excludes halogenated alkanes) is 1. The number of hydrogen-bond donors (Lipinski definition) is 1. The summed E-state index contributed by atoms with van der Waals surface area (Å²) in [7, 11) is 0. The first kappa shape index (κ1) is 14.3. The minimum absolute atomic E-state index is 0.383. The zero-order valence-electron chi connectivity index (χ0n) is 12.0. The fourth-order valence-electron chi connectivity index (χ4n) is 2.34. The van der Waals surface area contributed by atoms with Crippen molar-refractivity contribution in [3.63, 3.8) is 0 Å². The van der Waals surface area contributed by atoms with Crippen molar-refractivity contribution < 1.29 is 0 Å². The average Bonchev–Trinajstić information content (AvgIpc) is 2.78. The number of rotatable bonds is 6. The van der Waals surface area contributed by atoms with E-state index in [0.29, 0.717) is 30.7 Å². The van der Waals surface area contributed by atoms with Crippen LogP contribution >= 0.6 is 0 Å². The van der Waals surface area contributed by atoms with E-state index >= 15 is 0 Å². The summed E-state index contributed by atoms with van der Waals surface area (Å²) in [5.41, 5.74) is 0.164.